The third-order valence-electron chi connectivity index (χ3n) is 4.52. The number of anilines is 3. The van der Waals surface area contributed by atoms with Crippen molar-refractivity contribution in [2.75, 3.05) is 38.0 Å². The van der Waals surface area contributed by atoms with E-state index in [1.165, 1.54) is 6.21 Å². The molecule has 10 nitrogen and oxygen atoms in total. The number of aliphatic hydroxyl groups is 2. The van der Waals surface area contributed by atoms with E-state index < -0.39 is 6.04 Å². The minimum Gasteiger partial charge on any atom is -0.495 e. The number of hydrogen-bond donors (Lipinski definition) is 6. The maximum atomic E-state index is 9.35. The Bertz CT molecular complexity index is 1080. The van der Waals surface area contributed by atoms with Crippen molar-refractivity contribution >= 4 is 40.1 Å². The molecule has 1 aromatic carbocycles. The molecular formula is C21H25N7O3. The molecule has 0 unspecified atom stereocenters. The van der Waals surface area contributed by atoms with Gasteiger partial charge in [0.25, 0.3) is 0 Å². The van der Waals surface area contributed by atoms with Gasteiger partial charge in [-0.2, -0.15) is 0 Å². The molecule has 0 radical (unpaired) electrons. The first-order valence-electron chi connectivity index (χ1n) is 9.56. The second kappa shape index (κ2) is 10.3. The molecule has 3 rings (SSSR count). The lowest BCUT2D eigenvalue weighted by atomic mass is 10.1. The summed E-state index contributed by atoms with van der Waals surface area (Å²) in [4.78, 5) is 13.2. The number of benzene rings is 1. The molecule has 0 atom stereocenters. The van der Waals surface area contributed by atoms with Crippen LogP contribution in [0.5, 0.6) is 5.75 Å². The Hall–Kier alpha value is -3.76. The standard InChI is InChI=1S/C21H25N7O3/c1-23-9-15(8-22)13-3-4-17(18(7-13)31-2)27-21-25-10-14-5-6-24-20(19(14)28-21)26-16(11-29)12-30/h3-10,16,22-23,29-30H,11-12H2,1-2H3,(H,24,26)(H,25,27,28)/b15-9+,22-8?. The van der Waals surface area contributed by atoms with Gasteiger partial charge in [0.1, 0.15) is 11.3 Å². The fourth-order valence-corrected chi connectivity index (χ4v) is 2.92. The SMILES string of the molecule is CN/C=C(\C=N)c1ccc(Nc2ncc3ccnc(NC(CO)CO)c3n2)c(OC)c1. The Labute approximate surface area is 179 Å². The van der Waals surface area contributed by atoms with Gasteiger partial charge in [-0.05, 0) is 23.8 Å². The van der Waals surface area contributed by atoms with Gasteiger partial charge >= 0.3 is 0 Å². The second-order valence-electron chi connectivity index (χ2n) is 6.57. The Morgan fingerprint density at radius 3 is 2.71 bits per heavy atom. The molecule has 0 bridgehead atoms. The van der Waals surface area contributed by atoms with E-state index in [0.717, 1.165) is 10.9 Å². The molecule has 31 heavy (non-hydrogen) atoms. The van der Waals surface area contributed by atoms with E-state index in [4.69, 9.17) is 10.1 Å². The number of hydrogen-bond acceptors (Lipinski definition) is 10. The molecule has 2 heterocycles. The van der Waals surface area contributed by atoms with Gasteiger partial charge in [-0.1, -0.05) is 6.07 Å². The summed E-state index contributed by atoms with van der Waals surface area (Å²) in [7, 11) is 3.34. The van der Waals surface area contributed by atoms with Crippen molar-refractivity contribution in [2.24, 2.45) is 0 Å². The molecule has 0 aliphatic carbocycles. The summed E-state index contributed by atoms with van der Waals surface area (Å²) in [6.45, 7) is -0.484. The van der Waals surface area contributed by atoms with Crippen molar-refractivity contribution in [3.63, 3.8) is 0 Å². The highest BCUT2D eigenvalue weighted by Gasteiger charge is 2.13. The molecule has 3 aromatic rings. The second-order valence-corrected chi connectivity index (χ2v) is 6.57. The minimum atomic E-state index is -0.550. The number of pyridine rings is 1. The van der Waals surface area contributed by atoms with E-state index in [0.29, 0.717) is 34.3 Å². The largest absolute Gasteiger partial charge is 0.495 e. The summed E-state index contributed by atoms with van der Waals surface area (Å²) in [5.74, 6) is 1.33. The number of rotatable bonds is 10. The van der Waals surface area contributed by atoms with E-state index in [1.807, 2.05) is 18.2 Å². The van der Waals surface area contributed by atoms with Crippen LogP contribution >= 0.6 is 0 Å². The lowest BCUT2D eigenvalue weighted by Crippen LogP contribution is -2.28. The van der Waals surface area contributed by atoms with Crippen LogP contribution < -0.4 is 20.7 Å². The van der Waals surface area contributed by atoms with Gasteiger partial charge in [-0.3, -0.25) is 0 Å². The van der Waals surface area contributed by atoms with Gasteiger partial charge in [0, 0.05) is 42.8 Å². The van der Waals surface area contributed by atoms with Crippen LogP contribution in [0, 0.1) is 5.41 Å². The van der Waals surface area contributed by atoms with Crippen LogP contribution in [0.3, 0.4) is 0 Å². The van der Waals surface area contributed by atoms with Crippen LogP contribution in [-0.2, 0) is 0 Å². The summed E-state index contributed by atoms with van der Waals surface area (Å²) in [5.41, 5.74) is 2.73. The first-order chi connectivity index (χ1) is 15.1. The maximum Gasteiger partial charge on any atom is 0.227 e. The lowest BCUT2D eigenvalue weighted by molar-refractivity contribution is 0.203. The highest BCUT2D eigenvalue weighted by Crippen LogP contribution is 2.30. The molecule has 0 saturated heterocycles. The normalized spacial score (nSPS) is 11.5. The molecule has 0 fully saturated rings. The molecule has 10 heteroatoms. The number of nitrogens with zero attached hydrogens (tertiary/aromatic N) is 3. The number of aromatic nitrogens is 3. The van der Waals surface area contributed by atoms with Crippen LogP contribution in [0.2, 0.25) is 0 Å². The molecule has 0 spiro atoms. The van der Waals surface area contributed by atoms with E-state index in [2.05, 4.69) is 30.9 Å². The smallest absolute Gasteiger partial charge is 0.227 e. The number of methoxy groups -OCH3 is 1. The van der Waals surface area contributed by atoms with E-state index in [-0.39, 0.29) is 13.2 Å². The Morgan fingerprint density at radius 1 is 1.23 bits per heavy atom. The van der Waals surface area contributed by atoms with Gasteiger partial charge in [0.2, 0.25) is 5.95 Å². The molecule has 0 saturated carbocycles. The summed E-state index contributed by atoms with van der Waals surface area (Å²) in [6.07, 6.45) is 6.26. The van der Waals surface area contributed by atoms with E-state index in [9.17, 15) is 10.2 Å². The fraction of sp³-hybridized carbons (Fsp3) is 0.238. The van der Waals surface area contributed by atoms with Crippen molar-refractivity contribution in [2.45, 2.75) is 6.04 Å². The number of fused-ring (bicyclic) bond motifs is 1. The molecule has 6 N–H and O–H groups in total. The zero-order valence-electron chi connectivity index (χ0n) is 17.3. The topological polar surface area (TPSA) is 148 Å². The van der Waals surface area contributed by atoms with Crippen molar-refractivity contribution in [1.82, 2.24) is 20.3 Å². The molecular weight excluding hydrogens is 398 g/mol. The van der Waals surface area contributed by atoms with Gasteiger partial charge in [0.05, 0.1) is 32.1 Å². The highest BCUT2D eigenvalue weighted by atomic mass is 16.5. The first kappa shape index (κ1) is 21.9. The summed E-state index contributed by atoms with van der Waals surface area (Å²) in [5, 5.41) is 36.1. The number of ether oxygens (including phenoxy) is 1. The van der Waals surface area contributed by atoms with Crippen molar-refractivity contribution in [3.05, 3.63) is 48.4 Å². The van der Waals surface area contributed by atoms with Gasteiger partial charge in [-0.25, -0.2) is 15.0 Å². The molecule has 2 aromatic heterocycles. The zero-order chi connectivity index (χ0) is 22.2. The van der Waals surface area contributed by atoms with Crippen LogP contribution in [0.15, 0.2) is 42.9 Å². The molecule has 0 amide bonds. The van der Waals surface area contributed by atoms with Crippen LogP contribution in [0.1, 0.15) is 5.56 Å². The summed E-state index contributed by atoms with van der Waals surface area (Å²) >= 11 is 0. The van der Waals surface area contributed by atoms with Crippen molar-refractivity contribution in [1.29, 1.82) is 5.41 Å². The molecule has 0 aliphatic heterocycles. The fourth-order valence-electron chi connectivity index (χ4n) is 2.92. The van der Waals surface area contributed by atoms with Crippen molar-refractivity contribution in [3.8, 4) is 5.75 Å². The van der Waals surface area contributed by atoms with E-state index in [1.54, 1.807) is 38.8 Å². The molecule has 0 aliphatic rings. The van der Waals surface area contributed by atoms with Crippen LogP contribution in [-0.4, -0.2) is 64.8 Å². The zero-order valence-corrected chi connectivity index (χ0v) is 17.3. The summed E-state index contributed by atoms with van der Waals surface area (Å²) < 4.78 is 5.50. The number of allylic oxidation sites excluding steroid dienone is 1. The predicted octanol–water partition coefficient (Wildman–Crippen LogP) is 1.75. The van der Waals surface area contributed by atoms with Crippen LogP contribution in [0.25, 0.3) is 16.5 Å². The van der Waals surface area contributed by atoms with E-state index >= 15 is 0 Å². The van der Waals surface area contributed by atoms with Gasteiger partial charge in [0.15, 0.2) is 5.82 Å². The summed E-state index contributed by atoms with van der Waals surface area (Å²) in [6, 6.07) is 6.73. The Balaban J connectivity index is 1.94. The van der Waals surface area contributed by atoms with Gasteiger partial charge < -0.3 is 36.3 Å². The van der Waals surface area contributed by atoms with Crippen LogP contribution in [0.4, 0.5) is 17.5 Å². The van der Waals surface area contributed by atoms with Crippen molar-refractivity contribution < 1.29 is 14.9 Å². The number of aliphatic hydroxyl groups excluding tert-OH is 2. The lowest BCUT2D eigenvalue weighted by Gasteiger charge is -2.16. The van der Waals surface area contributed by atoms with Gasteiger partial charge in [-0.15, -0.1) is 0 Å². The third-order valence-corrected chi connectivity index (χ3v) is 4.52. The average Bonchev–Trinajstić information content (AvgIpc) is 2.81. The Kier molecular flexibility index (Phi) is 7.31. The quantitative estimate of drug-likeness (QED) is 0.268. The minimum absolute atomic E-state index is 0.242. The maximum absolute atomic E-state index is 9.35. The Morgan fingerprint density at radius 2 is 2.03 bits per heavy atom. The highest BCUT2D eigenvalue weighted by molar-refractivity contribution is 6.08. The number of nitrogens with one attached hydrogen (secondary N) is 4. The monoisotopic (exact) mass is 423 g/mol. The molecule has 162 valence electrons. The first-order valence-corrected chi connectivity index (χ1v) is 9.56. The predicted molar refractivity (Wildman–Crippen MR) is 121 cm³/mol. The third kappa shape index (κ3) is 5.05. The average molecular weight is 423 g/mol.